The number of nitrogens with one attached hydrogen (secondary N) is 1. The van der Waals surface area contributed by atoms with Crippen molar-refractivity contribution < 1.29 is 14.6 Å². The first kappa shape index (κ1) is 14.6. The van der Waals surface area contributed by atoms with Gasteiger partial charge >= 0.3 is 0 Å². The number of hydrogen-bond donors (Lipinski definition) is 2. The Morgan fingerprint density at radius 1 is 1.39 bits per heavy atom. The summed E-state index contributed by atoms with van der Waals surface area (Å²) < 4.78 is 4.95. The number of benzene rings is 1. The largest absolute Gasteiger partial charge is 0.507 e. The molecule has 0 heterocycles. The maximum Gasteiger partial charge on any atom is 0.255 e. The Bertz CT molecular complexity index is 396. The summed E-state index contributed by atoms with van der Waals surface area (Å²) in [6, 6.07) is 4.60. The van der Waals surface area contributed by atoms with Gasteiger partial charge in [0.05, 0.1) is 12.7 Å². The summed E-state index contributed by atoms with van der Waals surface area (Å²) in [7, 11) is 1.51. The molecule has 1 aromatic carbocycles. The lowest BCUT2D eigenvalue weighted by Gasteiger charge is -2.08. The number of ether oxygens (including phenoxy) is 1. The first-order chi connectivity index (χ1) is 8.69. The standard InChI is InChI=1S/C13H18ClNO3/c1-18-10-5-6-11(12(16)9-10)13(17)15-8-4-2-3-7-14/h5-6,9,16H,2-4,7-8H2,1H3,(H,15,17). The highest BCUT2D eigenvalue weighted by atomic mass is 35.5. The fourth-order valence-electron chi connectivity index (χ4n) is 1.52. The molecule has 0 aromatic heterocycles. The number of phenolic OH excluding ortho intramolecular Hbond substituents is 1. The van der Waals surface area contributed by atoms with Gasteiger partial charge in [-0.3, -0.25) is 4.79 Å². The molecule has 2 N–H and O–H groups in total. The Hall–Kier alpha value is -1.42. The van der Waals surface area contributed by atoms with Crippen molar-refractivity contribution >= 4 is 17.5 Å². The third kappa shape index (κ3) is 4.45. The minimum absolute atomic E-state index is 0.0763. The molecule has 0 aliphatic rings. The molecule has 0 fully saturated rings. The molecule has 0 unspecified atom stereocenters. The van der Waals surface area contributed by atoms with E-state index in [1.54, 1.807) is 12.1 Å². The Morgan fingerprint density at radius 2 is 2.17 bits per heavy atom. The van der Waals surface area contributed by atoms with Crippen molar-refractivity contribution in [2.24, 2.45) is 0 Å². The minimum Gasteiger partial charge on any atom is -0.507 e. The molecule has 0 spiro atoms. The molecule has 0 bridgehead atoms. The minimum atomic E-state index is -0.277. The van der Waals surface area contributed by atoms with Crippen LogP contribution in [0.3, 0.4) is 0 Å². The maximum absolute atomic E-state index is 11.8. The van der Waals surface area contributed by atoms with Crippen molar-refractivity contribution in [1.82, 2.24) is 5.32 Å². The number of unbranched alkanes of at least 4 members (excludes halogenated alkanes) is 2. The van der Waals surface area contributed by atoms with Crippen LogP contribution in [0.2, 0.25) is 0 Å². The number of carbonyl (C=O) groups excluding carboxylic acids is 1. The fourth-order valence-corrected chi connectivity index (χ4v) is 1.71. The topological polar surface area (TPSA) is 58.6 Å². The van der Waals surface area contributed by atoms with Gasteiger partial charge in [0.1, 0.15) is 11.5 Å². The van der Waals surface area contributed by atoms with Gasteiger partial charge in [-0.25, -0.2) is 0 Å². The third-order valence-electron chi connectivity index (χ3n) is 2.55. The molecule has 1 amide bonds. The van der Waals surface area contributed by atoms with E-state index in [0.717, 1.165) is 19.3 Å². The number of phenols is 1. The summed E-state index contributed by atoms with van der Waals surface area (Å²) in [6.07, 6.45) is 2.82. The van der Waals surface area contributed by atoms with Crippen LogP contribution in [0, 0.1) is 0 Å². The highest BCUT2D eigenvalue weighted by Crippen LogP contribution is 2.23. The van der Waals surface area contributed by atoms with E-state index in [1.165, 1.54) is 13.2 Å². The Labute approximate surface area is 112 Å². The van der Waals surface area contributed by atoms with Crippen LogP contribution in [-0.4, -0.2) is 30.5 Å². The molecule has 4 nitrogen and oxygen atoms in total. The molecule has 1 aromatic rings. The van der Waals surface area contributed by atoms with Gasteiger partial charge in [-0.2, -0.15) is 0 Å². The number of methoxy groups -OCH3 is 1. The lowest BCUT2D eigenvalue weighted by Crippen LogP contribution is -2.24. The van der Waals surface area contributed by atoms with Crippen LogP contribution in [0.5, 0.6) is 11.5 Å². The molecule has 5 heteroatoms. The zero-order chi connectivity index (χ0) is 13.4. The lowest BCUT2D eigenvalue weighted by atomic mass is 10.1. The van der Waals surface area contributed by atoms with Crippen LogP contribution in [0.4, 0.5) is 0 Å². The summed E-state index contributed by atoms with van der Waals surface area (Å²) in [5, 5.41) is 12.4. The van der Waals surface area contributed by atoms with Crippen LogP contribution in [0.15, 0.2) is 18.2 Å². The molecule has 0 saturated carbocycles. The highest BCUT2D eigenvalue weighted by Gasteiger charge is 2.11. The highest BCUT2D eigenvalue weighted by molar-refractivity contribution is 6.17. The number of amides is 1. The first-order valence-corrected chi connectivity index (χ1v) is 6.43. The first-order valence-electron chi connectivity index (χ1n) is 5.90. The normalized spacial score (nSPS) is 10.1. The smallest absolute Gasteiger partial charge is 0.255 e. The Balaban J connectivity index is 2.46. The van der Waals surface area contributed by atoms with Crippen molar-refractivity contribution in [3.8, 4) is 11.5 Å². The van der Waals surface area contributed by atoms with Crippen LogP contribution in [0.1, 0.15) is 29.6 Å². The van der Waals surface area contributed by atoms with Gasteiger partial charge < -0.3 is 15.2 Å². The molecule has 0 aliphatic heterocycles. The number of alkyl halides is 1. The second kappa shape index (κ2) is 7.82. The van der Waals surface area contributed by atoms with Gasteiger partial charge in [-0.1, -0.05) is 6.42 Å². The van der Waals surface area contributed by atoms with E-state index in [9.17, 15) is 9.90 Å². The van der Waals surface area contributed by atoms with Crippen molar-refractivity contribution in [3.63, 3.8) is 0 Å². The molecule has 0 saturated heterocycles. The quantitative estimate of drug-likeness (QED) is 0.592. The predicted octanol–water partition coefficient (Wildman–Crippen LogP) is 2.54. The molecule has 0 aliphatic carbocycles. The van der Waals surface area contributed by atoms with E-state index in [2.05, 4.69) is 5.32 Å². The summed E-state index contributed by atoms with van der Waals surface area (Å²) in [6.45, 7) is 0.585. The Morgan fingerprint density at radius 3 is 2.78 bits per heavy atom. The second-order valence-corrected chi connectivity index (χ2v) is 4.27. The number of halogens is 1. The zero-order valence-electron chi connectivity index (χ0n) is 10.4. The summed E-state index contributed by atoms with van der Waals surface area (Å²) in [5.74, 6) is 0.813. The van der Waals surface area contributed by atoms with Crippen molar-refractivity contribution in [1.29, 1.82) is 0 Å². The molecule has 18 heavy (non-hydrogen) atoms. The summed E-state index contributed by atoms with van der Waals surface area (Å²) in [4.78, 5) is 11.8. The van der Waals surface area contributed by atoms with Gasteiger partial charge in [-0.15, -0.1) is 11.6 Å². The third-order valence-corrected chi connectivity index (χ3v) is 2.81. The molecule has 100 valence electrons. The molecule has 1 rings (SSSR count). The SMILES string of the molecule is COc1ccc(C(=O)NCCCCCCl)c(O)c1. The lowest BCUT2D eigenvalue weighted by molar-refractivity contribution is 0.0950. The number of rotatable bonds is 7. The van der Waals surface area contributed by atoms with E-state index in [4.69, 9.17) is 16.3 Å². The number of aromatic hydroxyl groups is 1. The average molecular weight is 272 g/mol. The number of hydrogen-bond acceptors (Lipinski definition) is 3. The maximum atomic E-state index is 11.8. The molecular formula is C13H18ClNO3. The average Bonchev–Trinajstić information content (AvgIpc) is 2.38. The van der Waals surface area contributed by atoms with Crippen molar-refractivity contribution in [2.45, 2.75) is 19.3 Å². The zero-order valence-corrected chi connectivity index (χ0v) is 11.2. The monoisotopic (exact) mass is 271 g/mol. The van der Waals surface area contributed by atoms with Gasteiger partial charge in [0.15, 0.2) is 0 Å². The van der Waals surface area contributed by atoms with E-state index in [0.29, 0.717) is 18.2 Å². The van der Waals surface area contributed by atoms with Crippen LogP contribution in [0.25, 0.3) is 0 Å². The van der Waals surface area contributed by atoms with Crippen molar-refractivity contribution in [2.75, 3.05) is 19.5 Å². The van der Waals surface area contributed by atoms with Gasteiger partial charge in [0, 0.05) is 18.5 Å². The molecular weight excluding hydrogens is 254 g/mol. The van der Waals surface area contributed by atoms with Crippen LogP contribution >= 0.6 is 11.6 Å². The molecule has 0 radical (unpaired) electrons. The second-order valence-electron chi connectivity index (χ2n) is 3.89. The van der Waals surface area contributed by atoms with E-state index in [-0.39, 0.29) is 17.2 Å². The predicted molar refractivity (Wildman–Crippen MR) is 71.6 cm³/mol. The van der Waals surface area contributed by atoms with Crippen LogP contribution in [-0.2, 0) is 0 Å². The van der Waals surface area contributed by atoms with Gasteiger partial charge in [-0.05, 0) is 25.0 Å². The Kier molecular flexibility index (Phi) is 6.36. The van der Waals surface area contributed by atoms with Gasteiger partial charge in [0.2, 0.25) is 0 Å². The molecule has 0 atom stereocenters. The summed E-state index contributed by atoms with van der Waals surface area (Å²) >= 11 is 5.56. The van der Waals surface area contributed by atoms with E-state index < -0.39 is 0 Å². The number of carbonyl (C=O) groups is 1. The summed E-state index contributed by atoms with van der Waals surface area (Å²) in [5.41, 5.74) is 0.258. The van der Waals surface area contributed by atoms with Crippen LogP contribution < -0.4 is 10.1 Å². The fraction of sp³-hybridized carbons (Fsp3) is 0.462. The van der Waals surface area contributed by atoms with Gasteiger partial charge in [0.25, 0.3) is 5.91 Å². The van der Waals surface area contributed by atoms with E-state index in [1.807, 2.05) is 0 Å². The van der Waals surface area contributed by atoms with Crippen molar-refractivity contribution in [3.05, 3.63) is 23.8 Å². The van der Waals surface area contributed by atoms with E-state index >= 15 is 0 Å².